The van der Waals surface area contributed by atoms with Crippen molar-refractivity contribution in [2.75, 3.05) is 5.33 Å². The van der Waals surface area contributed by atoms with Crippen LogP contribution < -0.4 is 0 Å². The number of allylic oxidation sites excluding steroid dienone is 1. The van der Waals surface area contributed by atoms with Gasteiger partial charge in [-0.3, -0.25) is 10.0 Å². The molecule has 3 nitrogen and oxygen atoms in total. The average molecular weight is 264 g/mol. The number of hydroxylamine groups is 2. The molecule has 1 unspecified atom stereocenters. The molecule has 0 bridgehead atoms. The summed E-state index contributed by atoms with van der Waals surface area (Å²) in [5, 5.41) is 11.1. The van der Waals surface area contributed by atoms with Gasteiger partial charge in [0.2, 0.25) is 5.91 Å². The fourth-order valence-electron chi connectivity index (χ4n) is 1.06. The Morgan fingerprint density at radius 2 is 2.36 bits per heavy atom. The minimum Gasteiger partial charge on any atom is -0.286 e. The molecule has 0 aliphatic heterocycles. The summed E-state index contributed by atoms with van der Waals surface area (Å²) in [6.07, 6.45) is 4.49. The highest BCUT2D eigenvalue weighted by Gasteiger charge is 2.16. The normalized spacial score (nSPS) is 12.2. The summed E-state index contributed by atoms with van der Waals surface area (Å²) in [7, 11) is 0. The van der Waals surface area contributed by atoms with Crippen LogP contribution in [0.1, 0.15) is 32.6 Å². The molecule has 1 atom stereocenters. The van der Waals surface area contributed by atoms with Gasteiger partial charge in [-0.15, -0.1) is 6.58 Å². The van der Waals surface area contributed by atoms with Crippen molar-refractivity contribution < 1.29 is 10.0 Å². The monoisotopic (exact) mass is 263 g/mol. The summed E-state index contributed by atoms with van der Waals surface area (Å²) in [5.74, 6) is -0.207. The van der Waals surface area contributed by atoms with E-state index in [1.54, 1.807) is 6.08 Å². The van der Waals surface area contributed by atoms with Crippen LogP contribution in [-0.4, -0.2) is 27.5 Å². The number of hydrogen-bond donors (Lipinski definition) is 1. The molecule has 1 amide bonds. The maximum Gasteiger partial charge on any atom is 0.246 e. The zero-order valence-corrected chi connectivity index (χ0v) is 10.2. The first kappa shape index (κ1) is 13.7. The number of rotatable bonds is 7. The summed E-state index contributed by atoms with van der Waals surface area (Å²) < 4.78 is 0. The Balaban J connectivity index is 3.83. The van der Waals surface area contributed by atoms with E-state index in [2.05, 4.69) is 22.5 Å². The minimum atomic E-state index is -0.207. The molecule has 0 rings (SSSR count). The predicted molar refractivity (Wildman–Crippen MR) is 60.6 cm³/mol. The van der Waals surface area contributed by atoms with E-state index in [9.17, 15) is 10.0 Å². The van der Waals surface area contributed by atoms with Crippen molar-refractivity contribution in [3.63, 3.8) is 0 Å². The summed E-state index contributed by atoms with van der Waals surface area (Å²) >= 11 is 3.24. The number of nitrogens with zero attached hydrogens (tertiary/aromatic N) is 1. The van der Waals surface area contributed by atoms with Crippen molar-refractivity contribution in [1.29, 1.82) is 0 Å². The van der Waals surface area contributed by atoms with Gasteiger partial charge in [0, 0.05) is 11.8 Å². The lowest BCUT2D eigenvalue weighted by Gasteiger charge is -2.21. The molecule has 0 heterocycles. The van der Waals surface area contributed by atoms with E-state index < -0.39 is 0 Å². The molecule has 0 aliphatic rings. The highest BCUT2D eigenvalue weighted by atomic mass is 79.9. The van der Waals surface area contributed by atoms with Crippen LogP contribution in [0.2, 0.25) is 0 Å². The third-order valence-electron chi connectivity index (χ3n) is 1.99. The third-order valence-corrected chi connectivity index (χ3v) is 2.55. The molecule has 14 heavy (non-hydrogen) atoms. The highest BCUT2D eigenvalue weighted by Crippen LogP contribution is 2.07. The van der Waals surface area contributed by atoms with Crippen molar-refractivity contribution in [3.8, 4) is 0 Å². The van der Waals surface area contributed by atoms with Crippen LogP contribution >= 0.6 is 15.9 Å². The topological polar surface area (TPSA) is 40.5 Å². The Bertz CT molecular complexity index is 185. The van der Waals surface area contributed by atoms with Crippen LogP contribution in [0, 0.1) is 0 Å². The molecule has 0 radical (unpaired) electrons. The van der Waals surface area contributed by atoms with E-state index in [-0.39, 0.29) is 11.9 Å². The smallest absolute Gasteiger partial charge is 0.246 e. The molecule has 82 valence electrons. The van der Waals surface area contributed by atoms with Gasteiger partial charge in [-0.25, -0.2) is 5.06 Å². The van der Waals surface area contributed by atoms with Crippen molar-refractivity contribution in [3.05, 3.63) is 12.7 Å². The Hall–Kier alpha value is -0.350. The highest BCUT2D eigenvalue weighted by molar-refractivity contribution is 9.09. The predicted octanol–water partition coefficient (Wildman–Crippen LogP) is 2.73. The van der Waals surface area contributed by atoms with Gasteiger partial charge in [0.25, 0.3) is 0 Å². The van der Waals surface area contributed by atoms with E-state index in [1.807, 2.05) is 6.92 Å². The maximum atomic E-state index is 11.3. The van der Waals surface area contributed by atoms with Gasteiger partial charge in [-0.1, -0.05) is 22.0 Å². The van der Waals surface area contributed by atoms with Gasteiger partial charge in [-0.05, 0) is 26.2 Å². The Kier molecular flexibility index (Phi) is 7.80. The molecule has 0 saturated carbocycles. The second kappa shape index (κ2) is 8.00. The van der Waals surface area contributed by atoms with Gasteiger partial charge in [0.1, 0.15) is 0 Å². The lowest BCUT2D eigenvalue weighted by Crippen LogP contribution is -2.35. The summed E-state index contributed by atoms with van der Waals surface area (Å²) in [4.78, 5) is 11.3. The number of carbonyl (C=O) groups excluding carboxylic acids is 1. The quantitative estimate of drug-likeness (QED) is 0.332. The van der Waals surface area contributed by atoms with Crippen LogP contribution in [-0.2, 0) is 4.79 Å². The summed E-state index contributed by atoms with van der Waals surface area (Å²) in [5.41, 5.74) is 0. The van der Waals surface area contributed by atoms with E-state index >= 15 is 0 Å². The second-order valence-electron chi connectivity index (χ2n) is 3.25. The number of carbonyl (C=O) groups is 1. The van der Waals surface area contributed by atoms with Gasteiger partial charge in [0.05, 0.1) is 6.04 Å². The molecule has 0 aromatic carbocycles. The maximum absolute atomic E-state index is 11.3. The first-order valence-electron chi connectivity index (χ1n) is 4.81. The number of amides is 1. The zero-order valence-electron chi connectivity index (χ0n) is 8.58. The first-order chi connectivity index (χ1) is 6.63. The second-order valence-corrected chi connectivity index (χ2v) is 4.04. The Morgan fingerprint density at radius 3 is 2.86 bits per heavy atom. The molecule has 0 saturated heterocycles. The fourth-order valence-corrected chi connectivity index (χ4v) is 1.34. The van der Waals surface area contributed by atoms with Gasteiger partial charge >= 0.3 is 0 Å². The number of hydrogen-bond acceptors (Lipinski definition) is 2. The molecule has 0 aliphatic carbocycles. The SMILES string of the molecule is C=CCCC(C)N(O)C(=O)CCCBr. The van der Waals surface area contributed by atoms with Crippen molar-refractivity contribution in [2.24, 2.45) is 0 Å². The van der Waals surface area contributed by atoms with Crippen LogP contribution in [0.3, 0.4) is 0 Å². The molecular formula is C10H18BrNO2. The minimum absolute atomic E-state index is 0.129. The molecule has 0 aromatic rings. The largest absolute Gasteiger partial charge is 0.286 e. The Morgan fingerprint density at radius 1 is 1.71 bits per heavy atom. The van der Waals surface area contributed by atoms with Gasteiger partial charge < -0.3 is 0 Å². The summed E-state index contributed by atoms with van der Waals surface area (Å²) in [6.45, 7) is 5.42. The molecule has 1 N–H and O–H groups in total. The zero-order chi connectivity index (χ0) is 11.0. The van der Waals surface area contributed by atoms with E-state index in [0.717, 1.165) is 29.7 Å². The van der Waals surface area contributed by atoms with Gasteiger partial charge in [-0.2, -0.15) is 0 Å². The third kappa shape index (κ3) is 5.40. The van der Waals surface area contributed by atoms with Crippen molar-refractivity contribution in [1.82, 2.24) is 5.06 Å². The van der Waals surface area contributed by atoms with Crippen LogP contribution in [0.25, 0.3) is 0 Å². The van der Waals surface area contributed by atoms with E-state index in [1.165, 1.54) is 0 Å². The fraction of sp³-hybridized carbons (Fsp3) is 0.700. The van der Waals surface area contributed by atoms with Crippen LogP contribution in [0.15, 0.2) is 12.7 Å². The molecular weight excluding hydrogens is 246 g/mol. The Labute approximate surface area is 93.9 Å². The van der Waals surface area contributed by atoms with Crippen LogP contribution in [0.5, 0.6) is 0 Å². The average Bonchev–Trinajstić information content (AvgIpc) is 2.21. The molecule has 0 spiro atoms. The van der Waals surface area contributed by atoms with E-state index in [0.29, 0.717) is 6.42 Å². The van der Waals surface area contributed by atoms with Gasteiger partial charge in [0.15, 0.2) is 0 Å². The lowest BCUT2D eigenvalue weighted by atomic mass is 10.1. The van der Waals surface area contributed by atoms with Crippen molar-refractivity contribution in [2.45, 2.75) is 38.6 Å². The summed E-state index contributed by atoms with van der Waals surface area (Å²) in [6, 6.07) is -0.129. The molecule has 0 fully saturated rings. The van der Waals surface area contributed by atoms with Crippen LogP contribution in [0.4, 0.5) is 0 Å². The lowest BCUT2D eigenvalue weighted by molar-refractivity contribution is -0.174. The number of alkyl halides is 1. The van der Waals surface area contributed by atoms with E-state index in [4.69, 9.17) is 0 Å². The standard InChI is InChI=1S/C10H18BrNO2/c1-3-4-6-9(2)12(14)10(13)7-5-8-11/h3,9,14H,1,4-8H2,2H3. The number of halogens is 1. The first-order valence-corrected chi connectivity index (χ1v) is 5.93. The molecule has 0 aromatic heterocycles. The van der Waals surface area contributed by atoms with Crippen molar-refractivity contribution >= 4 is 21.8 Å². The molecule has 4 heteroatoms.